The summed E-state index contributed by atoms with van der Waals surface area (Å²) in [7, 11) is 0. The van der Waals surface area contributed by atoms with Gasteiger partial charge in [0.15, 0.2) is 5.13 Å². The molecule has 6 nitrogen and oxygen atoms in total. The summed E-state index contributed by atoms with van der Waals surface area (Å²) in [5.41, 5.74) is 1.91. The summed E-state index contributed by atoms with van der Waals surface area (Å²) in [4.78, 5) is 31.2. The van der Waals surface area contributed by atoms with Crippen molar-refractivity contribution in [3.8, 4) is 17.0 Å². The lowest BCUT2D eigenvalue weighted by atomic mass is 10.1. The highest BCUT2D eigenvalue weighted by Gasteiger charge is 2.24. The van der Waals surface area contributed by atoms with Crippen molar-refractivity contribution >= 4 is 34.0 Å². The van der Waals surface area contributed by atoms with Crippen molar-refractivity contribution in [1.29, 1.82) is 0 Å². The predicted molar refractivity (Wildman–Crippen MR) is 141 cm³/mol. The Morgan fingerprint density at radius 2 is 1.64 bits per heavy atom. The number of unbranched alkanes of at least 4 members (excludes halogenated alkanes) is 5. The van der Waals surface area contributed by atoms with Crippen LogP contribution in [0.1, 0.15) is 58.8 Å². The molecule has 0 bridgehead atoms. The van der Waals surface area contributed by atoms with E-state index in [2.05, 4.69) is 11.9 Å². The first-order valence-corrected chi connectivity index (χ1v) is 13.3. The maximum absolute atomic E-state index is 13.3. The van der Waals surface area contributed by atoms with Crippen molar-refractivity contribution < 1.29 is 23.5 Å². The zero-order chi connectivity index (χ0) is 25.8. The molecule has 36 heavy (non-hydrogen) atoms. The molecular weight excluding hydrogens is 479 g/mol. The largest absolute Gasteiger partial charge is 0.494 e. The third-order valence-electron chi connectivity index (χ3n) is 5.54. The smallest absolute Gasteiger partial charge is 0.315 e. The number of aromatic nitrogens is 1. The van der Waals surface area contributed by atoms with Crippen molar-refractivity contribution in [1.82, 2.24) is 4.98 Å². The average Bonchev–Trinajstić information content (AvgIpc) is 3.34. The molecule has 0 aliphatic heterocycles. The van der Waals surface area contributed by atoms with Crippen LogP contribution in [-0.2, 0) is 14.3 Å². The number of thiazole rings is 1. The first-order chi connectivity index (χ1) is 17.5. The molecule has 1 heterocycles. The minimum Gasteiger partial charge on any atom is -0.494 e. The Balaban J connectivity index is 1.73. The second-order valence-electron chi connectivity index (χ2n) is 8.34. The molecule has 3 rings (SSSR count). The molecular formula is C28H33FN2O4S. The van der Waals surface area contributed by atoms with Crippen molar-refractivity contribution in [3.63, 3.8) is 0 Å². The van der Waals surface area contributed by atoms with E-state index >= 15 is 0 Å². The fraction of sp³-hybridized carbons (Fsp3) is 0.393. The van der Waals surface area contributed by atoms with Gasteiger partial charge in [-0.05, 0) is 61.9 Å². The van der Waals surface area contributed by atoms with E-state index in [9.17, 15) is 14.0 Å². The van der Waals surface area contributed by atoms with Crippen molar-refractivity contribution in [2.75, 3.05) is 18.1 Å². The Kier molecular flexibility index (Phi) is 10.9. The molecule has 0 spiro atoms. The van der Waals surface area contributed by atoms with E-state index in [0.717, 1.165) is 24.2 Å². The molecule has 0 unspecified atom stereocenters. The molecule has 2 aromatic carbocycles. The lowest BCUT2D eigenvalue weighted by Gasteiger charge is -2.20. The number of ether oxygens (including phenoxy) is 2. The highest BCUT2D eigenvalue weighted by atomic mass is 32.1. The molecule has 1 amide bonds. The van der Waals surface area contributed by atoms with Crippen LogP contribution in [0.15, 0.2) is 53.9 Å². The van der Waals surface area contributed by atoms with Crippen LogP contribution in [-0.4, -0.2) is 30.1 Å². The topological polar surface area (TPSA) is 68.7 Å². The van der Waals surface area contributed by atoms with Crippen LogP contribution in [0.2, 0.25) is 0 Å². The number of esters is 1. The first-order valence-electron chi connectivity index (χ1n) is 12.4. The first kappa shape index (κ1) is 27.3. The molecule has 0 N–H and O–H groups in total. The fourth-order valence-corrected chi connectivity index (χ4v) is 4.53. The summed E-state index contributed by atoms with van der Waals surface area (Å²) < 4.78 is 24.1. The van der Waals surface area contributed by atoms with Gasteiger partial charge in [0.25, 0.3) is 0 Å². The Bertz CT molecular complexity index is 1100. The third kappa shape index (κ3) is 8.16. The number of anilines is 2. The van der Waals surface area contributed by atoms with Crippen LogP contribution in [0.5, 0.6) is 5.75 Å². The lowest BCUT2D eigenvalue weighted by Crippen LogP contribution is -2.28. The minimum absolute atomic E-state index is 0.197. The number of carbonyl (C=O) groups is 2. The molecule has 0 radical (unpaired) electrons. The maximum Gasteiger partial charge on any atom is 0.315 e. The summed E-state index contributed by atoms with van der Waals surface area (Å²) in [6.07, 6.45) is 6.74. The number of carbonyl (C=O) groups excluding carboxylic acids is 2. The number of halogens is 1. The number of amides is 1. The van der Waals surface area contributed by atoms with Crippen molar-refractivity contribution in [2.45, 2.75) is 58.8 Å². The third-order valence-corrected chi connectivity index (χ3v) is 6.36. The highest BCUT2D eigenvalue weighted by Crippen LogP contribution is 2.33. The molecule has 0 saturated heterocycles. The van der Waals surface area contributed by atoms with Crippen LogP contribution < -0.4 is 9.64 Å². The standard InChI is InChI=1S/C28H33FN2O4S/c1-3-5-6-7-8-9-18-35-24-16-14-23(15-17-24)31(26(32)19-27(33)34-4-2)28-30-25(20-36-28)21-10-12-22(29)13-11-21/h10-17,20H,3-9,18-19H2,1-2H3. The van der Waals surface area contributed by atoms with Gasteiger partial charge in [-0.25, -0.2) is 9.37 Å². The fourth-order valence-electron chi connectivity index (χ4n) is 3.66. The zero-order valence-corrected chi connectivity index (χ0v) is 21.7. The number of nitrogens with zero attached hydrogens (tertiary/aromatic N) is 2. The number of hydrogen-bond acceptors (Lipinski definition) is 6. The average molecular weight is 513 g/mol. The monoisotopic (exact) mass is 512 g/mol. The van der Waals surface area contributed by atoms with E-state index < -0.39 is 18.3 Å². The molecule has 3 aromatic rings. The quantitative estimate of drug-likeness (QED) is 0.129. The van der Waals surface area contributed by atoms with Crippen LogP contribution in [0.25, 0.3) is 11.3 Å². The van der Waals surface area contributed by atoms with Crippen LogP contribution >= 0.6 is 11.3 Å². The summed E-state index contributed by atoms with van der Waals surface area (Å²) in [6, 6.07) is 13.2. The summed E-state index contributed by atoms with van der Waals surface area (Å²) >= 11 is 1.27. The predicted octanol–water partition coefficient (Wildman–Crippen LogP) is 7.31. The van der Waals surface area contributed by atoms with Gasteiger partial charge in [0.05, 0.1) is 24.6 Å². The van der Waals surface area contributed by atoms with Gasteiger partial charge in [-0.2, -0.15) is 0 Å². The Morgan fingerprint density at radius 1 is 0.944 bits per heavy atom. The molecule has 0 saturated carbocycles. The van der Waals surface area contributed by atoms with Crippen LogP contribution in [0.4, 0.5) is 15.2 Å². The highest BCUT2D eigenvalue weighted by molar-refractivity contribution is 7.14. The maximum atomic E-state index is 13.3. The Morgan fingerprint density at radius 3 is 2.33 bits per heavy atom. The molecule has 0 aliphatic rings. The van der Waals surface area contributed by atoms with Crippen molar-refractivity contribution in [3.05, 3.63) is 59.7 Å². The van der Waals surface area contributed by atoms with E-state index in [0.29, 0.717) is 23.1 Å². The number of hydrogen-bond donors (Lipinski definition) is 0. The van der Waals surface area contributed by atoms with Gasteiger partial charge in [0.1, 0.15) is 18.0 Å². The summed E-state index contributed by atoms with van der Waals surface area (Å²) in [6.45, 7) is 4.74. The molecule has 0 fully saturated rings. The molecule has 8 heteroatoms. The summed E-state index contributed by atoms with van der Waals surface area (Å²) in [5, 5.41) is 2.20. The van der Waals surface area contributed by atoms with Gasteiger partial charge in [-0.3, -0.25) is 14.5 Å². The molecule has 0 atom stereocenters. The van der Waals surface area contributed by atoms with Gasteiger partial charge < -0.3 is 9.47 Å². The van der Waals surface area contributed by atoms with Crippen LogP contribution in [0, 0.1) is 5.82 Å². The van der Waals surface area contributed by atoms with E-state index in [1.165, 1.54) is 54.1 Å². The Labute approximate surface area is 216 Å². The van der Waals surface area contributed by atoms with E-state index in [1.807, 2.05) is 12.1 Å². The number of benzene rings is 2. The minimum atomic E-state index is -0.596. The van der Waals surface area contributed by atoms with E-state index in [1.54, 1.807) is 36.6 Å². The Hall–Kier alpha value is -3.26. The van der Waals surface area contributed by atoms with Gasteiger partial charge >= 0.3 is 5.97 Å². The van der Waals surface area contributed by atoms with Gasteiger partial charge in [0, 0.05) is 10.9 Å². The second kappa shape index (κ2) is 14.3. The van der Waals surface area contributed by atoms with Crippen LogP contribution in [0.3, 0.4) is 0 Å². The molecule has 1 aromatic heterocycles. The summed E-state index contributed by atoms with van der Waals surface area (Å²) in [5.74, 6) is -0.661. The van der Waals surface area contributed by atoms with Gasteiger partial charge in [0.2, 0.25) is 5.91 Å². The van der Waals surface area contributed by atoms with Crippen molar-refractivity contribution in [2.24, 2.45) is 0 Å². The van der Waals surface area contributed by atoms with E-state index in [-0.39, 0.29) is 12.4 Å². The van der Waals surface area contributed by atoms with Gasteiger partial charge in [-0.15, -0.1) is 11.3 Å². The molecule has 192 valence electrons. The van der Waals surface area contributed by atoms with Gasteiger partial charge in [-0.1, -0.05) is 39.0 Å². The molecule has 0 aliphatic carbocycles. The normalized spacial score (nSPS) is 10.8. The zero-order valence-electron chi connectivity index (χ0n) is 20.9. The lowest BCUT2D eigenvalue weighted by molar-refractivity contribution is -0.145. The number of rotatable bonds is 14. The second-order valence-corrected chi connectivity index (χ2v) is 9.18. The SMILES string of the molecule is CCCCCCCCOc1ccc(N(C(=O)CC(=O)OCC)c2nc(-c3ccc(F)cc3)cs2)cc1. The van der Waals surface area contributed by atoms with E-state index in [4.69, 9.17) is 9.47 Å².